The molecule has 0 fully saturated rings. The number of carbonyl (C=O) groups is 2. The molecule has 2 heterocycles. The predicted molar refractivity (Wildman–Crippen MR) is 83.6 cm³/mol. The summed E-state index contributed by atoms with van der Waals surface area (Å²) in [5.41, 5.74) is -0.808. The van der Waals surface area contributed by atoms with E-state index in [0.29, 0.717) is 6.61 Å². The molecule has 11 heteroatoms. The molecule has 130 valence electrons. The number of ether oxygens (including phenoxy) is 1. The standard InChI is InChI=1S/C13H18N6O5/c1-17-10-9(11(21)18(2)13(17)23)19(7-15-10)6-8(20)16-12(22)14-4-5-24-3/h7H,4-6H2,1-3H3,(H2,14,16,20,22). The minimum Gasteiger partial charge on any atom is -0.383 e. The van der Waals surface area contributed by atoms with Crippen LogP contribution < -0.4 is 21.9 Å². The number of imide groups is 1. The third-order valence-electron chi connectivity index (χ3n) is 3.38. The van der Waals surface area contributed by atoms with Crippen molar-refractivity contribution < 1.29 is 14.3 Å². The molecule has 3 amide bonds. The van der Waals surface area contributed by atoms with E-state index in [-0.39, 0.29) is 24.3 Å². The average Bonchev–Trinajstić information content (AvgIpc) is 2.94. The van der Waals surface area contributed by atoms with Gasteiger partial charge in [-0.1, -0.05) is 0 Å². The summed E-state index contributed by atoms with van der Waals surface area (Å²) in [6, 6.07) is -0.665. The molecule has 0 aromatic carbocycles. The topological polar surface area (TPSA) is 129 Å². The number of imidazole rings is 1. The van der Waals surface area contributed by atoms with Crippen molar-refractivity contribution in [3.63, 3.8) is 0 Å². The van der Waals surface area contributed by atoms with Crippen LogP contribution in [-0.2, 0) is 30.2 Å². The highest BCUT2D eigenvalue weighted by atomic mass is 16.5. The Morgan fingerprint density at radius 2 is 1.96 bits per heavy atom. The molecule has 0 aliphatic heterocycles. The largest absolute Gasteiger partial charge is 0.383 e. The maximum absolute atomic E-state index is 12.2. The molecule has 0 saturated heterocycles. The Balaban J connectivity index is 2.19. The summed E-state index contributed by atoms with van der Waals surface area (Å²) >= 11 is 0. The number of carbonyl (C=O) groups excluding carboxylic acids is 2. The molecule has 11 nitrogen and oxygen atoms in total. The predicted octanol–water partition coefficient (Wildman–Crippen LogP) is -2.09. The maximum atomic E-state index is 12.2. The minimum absolute atomic E-state index is 0.106. The Morgan fingerprint density at radius 1 is 1.25 bits per heavy atom. The van der Waals surface area contributed by atoms with Gasteiger partial charge in [0.05, 0.1) is 12.9 Å². The zero-order valence-corrected chi connectivity index (χ0v) is 13.5. The van der Waals surface area contributed by atoms with E-state index >= 15 is 0 Å². The van der Waals surface area contributed by atoms with Gasteiger partial charge < -0.3 is 14.6 Å². The fraction of sp³-hybridized carbons (Fsp3) is 0.462. The number of hydrogen-bond acceptors (Lipinski definition) is 6. The van der Waals surface area contributed by atoms with E-state index in [1.807, 2.05) is 0 Å². The molecule has 2 aromatic rings. The highest BCUT2D eigenvalue weighted by Crippen LogP contribution is 2.04. The van der Waals surface area contributed by atoms with E-state index in [2.05, 4.69) is 15.6 Å². The number of urea groups is 1. The molecule has 0 saturated carbocycles. The summed E-state index contributed by atoms with van der Waals surface area (Å²) in [7, 11) is 4.30. The van der Waals surface area contributed by atoms with Crippen LogP contribution in [0.25, 0.3) is 11.2 Å². The normalized spacial score (nSPS) is 10.8. The van der Waals surface area contributed by atoms with Crippen LogP contribution in [0.4, 0.5) is 4.79 Å². The van der Waals surface area contributed by atoms with Crippen LogP contribution in [0.15, 0.2) is 15.9 Å². The van der Waals surface area contributed by atoms with Crippen LogP contribution in [0.1, 0.15) is 0 Å². The molecular weight excluding hydrogens is 320 g/mol. The quantitative estimate of drug-likeness (QED) is 0.601. The Labute approximate surface area is 135 Å². The molecule has 2 rings (SSSR count). The van der Waals surface area contributed by atoms with E-state index in [0.717, 1.165) is 4.57 Å². The van der Waals surface area contributed by atoms with Crippen molar-refractivity contribution in [1.29, 1.82) is 0 Å². The van der Waals surface area contributed by atoms with Crippen molar-refractivity contribution in [3.8, 4) is 0 Å². The van der Waals surface area contributed by atoms with Gasteiger partial charge in [0.25, 0.3) is 5.56 Å². The first-order valence-corrected chi connectivity index (χ1v) is 7.04. The second kappa shape index (κ2) is 7.08. The fourth-order valence-corrected chi connectivity index (χ4v) is 2.15. The van der Waals surface area contributed by atoms with Gasteiger partial charge in [-0.3, -0.25) is 24.0 Å². The van der Waals surface area contributed by atoms with Crippen LogP contribution in [0, 0.1) is 0 Å². The lowest BCUT2D eigenvalue weighted by atomic mass is 10.4. The zero-order chi connectivity index (χ0) is 17.9. The SMILES string of the molecule is COCCNC(=O)NC(=O)Cn1cnc2c1c(=O)n(C)c(=O)n2C. The van der Waals surface area contributed by atoms with Gasteiger partial charge in [0.15, 0.2) is 11.2 Å². The average molecular weight is 338 g/mol. The minimum atomic E-state index is -0.665. The number of aryl methyl sites for hydroxylation is 1. The van der Waals surface area contributed by atoms with E-state index in [4.69, 9.17) is 4.74 Å². The number of rotatable bonds is 5. The van der Waals surface area contributed by atoms with Gasteiger partial charge in [0, 0.05) is 27.7 Å². The molecule has 0 radical (unpaired) electrons. The molecule has 0 spiro atoms. The van der Waals surface area contributed by atoms with Crippen molar-refractivity contribution in [2.24, 2.45) is 14.1 Å². The summed E-state index contributed by atoms with van der Waals surface area (Å²) in [6.45, 7) is 0.283. The summed E-state index contributed by atoms with van der Waals surface area (Å²) in [4.78, 5) is 51.5. The van der Waals surface area contributed by atoms with Crippen LogP contribution in [0.3, 0.4) is 0 Å². The van der Waals surface area contributed by atoms with Gasteiger partial charge in [0.2, 0.25) is 5.91 Å². The van der Waals surface area contributed by atoms with Crippen LogP contribution in [0.2, 0.25) is 0 Å². The lowest BCUT2D eigenvalue weighted by molar-refractivity contribution is -0.120. The number of amides is 3. The number of nitrogens with one attached hydrogen (secondary N) is 2. The van der Waals surface area contributed by atoms with Crippen LogP contribution in [0.5, 0.6) is 0 Å². The van der Waals surface area contributed by atoms with E-state index in [9.17, 15) is 19.2 Å². The first-order valence-electron chi connectivity index (χ1n) is 7.04. The van der Waals surface area contributed by atoms with Crippen molar-refractivity contribution >= 4 is 23.1 Å². The Morgan fingerprint density at radius 3 is 2.62 bits per heavy atom. The first kappa shape index (κ1) is 17.4. The molecule has 0 aliphatic rings. The molecule has 2 aromatic heterocycles. The smallest absolute Gasteiger partial charge is 0.332 e. The van der Waals surface area contributed by atoms with Gasteiger partial charge in [0.1, 0.15) is 6.54 Å². The Kier molecular flexibility index (Phi) is 5.14. The third-order valence-corrected chi connectivity index (χ3v) is 3.38. The second-order valence-electron chi connectivity index (χ2n) is 5.05. The van der Waals surface area contributed by atoms with Crippen molar-refractivity contribution in [2.45, 2.75) is 6.54 Å². The molecule has 24 heavy (non-hydrogen) atoms. The Hall–Kier alpha value is -2.95. The van der Waals surface area contributed by atoms with Crippen molar-refractivity contribution in [2.75, 3.05) is 20.3 Å². The Bertz CT molecular complexity index is 893. The zero-order valence-electron chi connectivity index (χ0n) is 13.5. The summed E-state index contributed by atoms with van der Waals surface area (Å²) in [5, 5.41) is 4.57. The number of hydrogen-bond donors (Lipinski definition) is 2. The lowest BCUT2D eigenvalue weighted by Gasteiger charge is -2.08. The maximum Gasteiger partial charge on any atom is 0.332 e. The van der Waals surface area contributed by atoms with Gasteiger partial charge >= 0.3 is 11.7 Å². The molecule has 0 atom stereocenters. The summed E-state index contributed by atoms with van der Waals surface area (Å²) < 4.78 is 8.20. The second-order valence-corrected chi connectivity index (χ2v) is 5.05. The van der Waals surface area contributed by atoms with Crippen LogP contribution >= 0.6 is 0 Å². The van der Waals surface area contributed by atoms with Gasteiger partial charge in [-0.25, -0.2) is 14.6 Å². The molecule has 2 N–H and O–H groups in total. The highest BCUT2D eigenvalue weighted by Gasteiger charge is 2.16. The number of nitrogens with zero attached hydrogens (tertiary/aromatic N) is 4. The van der Waals surface area contributed by atoms with Crippen molar-refractivity contribution in [3.05, 3.63) is 27.2 Å². The monoisotopic (exact) mass is 338 g/mol. The van der Waals surface area contributed by atoms with E-state index in [1.165, 1.54) is 36.7 Å². The lowest BCUT2D eigenvalue weighted by Crippen LogP contribution is -2.42. The highest BCUT2D eigenvalue weighted by molar-refractivity contribution is 5.94. The van der Waals surface area contributed by atoms with Gasteiger partial charge in [-0.15, -0.1) is 0 Å². The number of fused-ring (bicyclic) bond motifs is 1. The van der Waals surface area contributed by atoms with Gasteiger partial charge in [-0.2, -0.15) is 0 Å². The fourth-order valence-electron chi connectivity index (χ4n) is 2.15. The van der Waals surface area contributed by atoms with E-state index in [1.54, 1.807) is 0 Å². The number of aromatic nitrogens is 4. The molecule has 0 unspecified atom stereocenters. The molecule has 0 aliphatic carbocycles. The molecular formula is C13H18N6O5. The third kappa shape index (κ3) is 3.35. The summed E-state index contributed by atoms with van der Waals surface area (Å²) in [6.07, 6.45) is 1.27. The van der Waals surface area contributed by atoms with E-state index < -0.39 is 23.2 Å². The van der Waals surface area contributed by atoms with Crippen LogP contribution in [-0.4, -0.2) is 50.9 Å². The number of methoxy groups -OCH3 is 1. The van der Waals surface area contributed by atoms with Crippen molar-refractivity contribution in [1.82, 2.24) is 29.3 Å². The summed E-state index contributed by atoms with van der Waals surface area (Å²) in [5.74, 6) is -0.625. The first-order chi connectivity index (χ1) is 11.4. The molecule has 0 bridgehead atoms. The van der Waals surface area contributed by atoms with Gasteiger partial charge in [-0.05, 0) is 0 Å².